The molecular weight excluding hydrogens is 324 g/mol. The van der Waals surface area contributed by atoms with Gasteiger partial charge in [0.15, 0.2) is 9.84 Å². The molecule has 128 valence electrons. The lowest BCUT2D eigenvalue weighted by molar-refractivity contribution is -0.130. The van der Waals surface area contributed by atoms with Crippen LogP contribution in [0, 0.1) is 6.92 Å². The van der Waals surface area contributed by atoms with E-state index in [1.165, 1.54) is 11.8 Å². The number of rotatable bonds is 5. The smallest absolute Gasteiger partial charge is 0.241 e. The molecule has 0 N–H and O–H groups in total. The van der Waals surface area contributed by atoms with Gasteiger partial charge in [0.1, 0.15) is 5.25 Å². The van der Waals surface area contributed by atoms with E-state index >= 15 is 0 Å². The molecule has 1 aromatic heterocycles. The lowest BCUT2D eigenvalue weighted by Gasteiger charge is -2.30. The Morgan fingerprint density at radius 1 is 1.12 bits per heavy atom. The molecule has 6 heteroatoms. The summed E-state index contributed by atoms with van der Waals surface area (Å²) in [7, 11) is -1.85. The number of amides is 1. The van der Waals surface area contributed by atoms with E-state index in [1.54, 1.807) is 19.3 Å². The van der Waals surface area contributed by atoms with Gasteiger partial charge in [0.2, 0.25) is 5.91 Å². The average molecular weight is 346 g/mol. The molecule has 5 nitrogen and oxygen atoms in total. The van der Waals surface area contributed by atoms with Crippen molar-refractivity contribution in [2.45, 2.75) is 25.1 Å². The Balaban J connectivity index is 2.46. The average Bonchev–Trinajstić information content (AvgIpc) is 2.55. The number of pyridine rings is 1. The predicted molar refractivity (Wildman–Crippen MR) is 94.3 cm³/mol. The van der Waals surface area contributed by atoms with Gasteiger partial charge in [-0.1, -0.05) is 35.9 Å². The normalized spacial score (nSPS) is 14.0. The first-order valence-corrected chi connectivity index (χ1v) is 9.60. The Hall–Kier alpha value is -2.21. The largest absolute Gasteiger partial charge is 0.332 e. The summed E-state index contributed by atoms with van der Waals surface area (Å²) in [4.78, 5) is 18.5. The summed E-state index contributed by atoms with van der Waals surface area (Å²) in [5.74, 6) is -0.450. The fourth-order valence-corrected chi connectivity index (χ4v) is 3.01. The van der Waals surface area contributed by atoms with Crippen molar-refractivity contribution < 1.29 is 13.2 Å². The fourth-order valence-electron chi connectivity index (χ4n) is 2.48. The van der Waals surface area contributed by atoms with Gasteiger partial charge in [0.25, 0.3) is 0 Å². The molecule has 2 aromatic rings. The van der Waals surface area contributed by atoms with Crippen molar-refractivity contribution in [1.29, 1.82) is 0 Å². The van der Waals surface area contributed by atoms with E-state index < -0.39 is 27.0 Å². The first-order chi connectivity index (χ1) is 11.2. The Bertz CT molecular complexity index is 802. The number of aromatic nitrogens is 1. The number of sulfone groups is 1. The second-order valence-corrected chi connectivity index (χ2v) is 8.35. The number of nitrogens with zero attached hydrogens (tertiary/aromatic N) is 2. The molecule has 24 heavy (non-hydrogen) atoms. The van der Waals surface area contributed by atoms with Crippen LogP contribution in [0.25, 0.3) is 0 Å². The fraction of sp³-hybridized carbons (Fsp3) is 0.333. The molecule has 2 rings (SSSR count). The highest BCUT2D eigenvalue weighted by Crippen LogP contribution is 2.27. The highest BCUT2D eigenvalue weighted by molar-refractivity contribution is 7.92. The lowest BCUT2D eigenvalue weighted by Crippen LogP contribution is -2.41. The minimum Gasteiger partial charge on any atom is -0.332 e. The topological polar surface area (TPSA) is 67.3 Å². The van der Waals surface area contributed by atoms with Crippen molar-refractivity contribution in [2.75, 3.05) is 13.3 Å². The van der Waals surface area contributed by atoms with Gasteiger partial charge in [0, 0.05) is 19.5 Å². The second kappa shape index (κ2) is 7.13. The number of carbonyl (C=O) groups excluding carboxylic acids is 1. The molecule has 1 aromatic carbocycles. The summed E-state index contributed by atoms with van der Waals surface area (Å²) in [6.07, 6.45) is 2.74. The molecule has 0 aliphatic heterocycles. The standard InChI is InChI=1S/C18H22N2O3S/c1-13-8-10-15(11-9-13)17(16-7-5-6-12-19-16)20(3)18(21)14(2)24(4,22)23/h5-12,14,17H,1-4H3. The number of hydrogen-bond acceptors (Lipinski definition) is 4. The first-order valence-electron chi connectivity index (χ1n) is 7.65. The van der Waals surface area contributed by atoms with Crippen LogP contribution in [0.5, 0.6) is 0 Å². The summed E-state index contributed by atoms with van der Waals surface area (Å²) in [5, 5.41) is -1.10. The van der Waals surface area contributed by atoms with E-state index in [4.69, 9.17) is 0 Å². The Labute approximate surface area is 143 Å². The molecule has 2 atom stereocenters. The van der Waals surface area contributed by atoms with E-state index in [0.717, 1.165) is 17.4 Å². The molecule has 0 saturated heterocycles. The van der Waals surface area contributed by atoms with Gasteiger partial charge >= 0.3 is 0 Å². The van der Waals surface area contributed by atoms with Crippen LogP contribution in [0.3, 0.4) is 0 Å². The van der Waals surface area contributed by atoms with Gasteiger partial charge in [-0.15, -0.1) is 0 Å². The van der Waals surface area contributed by atoms with Crippen LogP contribution >= 0.6 is 0 Å². The minimum absolute atomic E-state index is 0.441. The summed E-state index contributed by atoms with van der Waals surface area (Å²) < 4.78 is 23.5. The predicted octanol–water partition coefficient (Wildman–Crippen LogP) is 2.37. The van der Waals surface area contributed by atoms with Gasteiger partial charge < -0.3 is 4.90 Å². The number of benzene rings is 1. The summed E-state index contributed by atoms with van der Waals surface area (Å²) in [6, 6.07) is 12.8. The van der Waals surface area contributed by atoms with E-state index in [1.807, 2.05) is 43.3 Å². The van der Waals surface area contributed by atoms with Gasteiger partial charge in [-0.2, -0.15) is 0 Å². The van der Waals surface area contributed by atoms with Gasteiger partial charge in [-0.3, -0.25) is 9.78 Å². The Morgan fingerprint density at radius 3 is 2.25 bits per heavy atom. The Kier molecular flexibility index (Phi) is 5.39. The van der Waals surface area contributed by atoms with Crippen LogP contribution < -0.4 is 0 Å². The maximum atomic E-state index is 12.7. The van der Waals surface area contributed by atoms with Crippen LogP contribution in [0.4, 0.5) is 0 Å². The zero-order valence-electron chi connectivity index (χ0n) is 14.3. The van der Waals surface area contributed by atoms with Crippen LogP contribution in [0.1, 0.15) is 29.8 Å². The zero-order chi connectivity index (χ0) is 17.9. The van der Waals surface area contributed by atoms with Crippen LogP contribution in [0.2, 0.25) is 0 Å². The second-order valence-electron chi connectivity index (χ2n) is 5.99. The SMILES string of the molecule is Cc1ccc(C(c2ccccn2)N(C)C(=O)C(C)S(C)(=O)=O)cc1. The quantitative estimate of drug-likeness (QED) is 0.833. The molecule has 0 aliphatic rings. The summed E-state index contributed by atoms with van der Waals surface area (Å²) in [6.45, 7) is 3.40. The number of hydrogen-bond donors (Lipinski definition) is 0. The third-order valence-corrected chi connectivity index (χ3v) is 5.57. The molecule has 0 bridgehead atoms. The van der Waals surface area contributed by atoms with Gasteiger partial charge in [-0.05, 0) is 31.5 Å². The molecule has 1 heterocycles. The molecule has 2 unspecified atom stereocenters. The summed E-state index contributed by atoms with van der Waals surface area (Å²) >= 11 is 0. The molecule has 0 spiro atoms. The molecule has 1 amide bonds. The highest BCUT2D eigenvalue weighted by Gasteiger charge is 2.32. The van der Waals surface area contributed by atoms with E-state index in [-0.39, 0.29) is 0 Å². The van der Waals surface area contributed by atoms with Crippen molar-refractivity contribution in [3.05, 3.63) is 65.5 Å². The maximum absolute atomic E-state index is 12.7. The molecule has 0 aliphatic carbocycles. The third-order valence-electron chi connectivity index (χ3n) is 4.09. The van der Waals surface area contributed by atoms with E-state index in [2.05, 4.69) is 4.98 Å². The molecular formula is C18H22N2O3S. The summed E-state index contributed by atoms with van der Waals surface area (Å²) in [5.41, 5.74) is 2.69. The van der Waals surface area contributed by atoms with Crippen molar-refractivity contribution in [2.24, 2.45) is 0 Å². The first kappa shape index (κ1) is 18.1. The Morgan fingerprint density at radius 2 is 1.75 bits per heavy atom. The van der Waals surface area contributed by atoms with Crippen LogP contribution in [-0.2, 0) is 14.6 Å². The monoisotopic (exact) mass is 346 g/mol. The van der Waals surface area contributed by atoms with Crippen molar-refractivity contribution in [3.8, 4) is 0 Å². The maximum Gasteiger partial charge on any atom is 0.241 e. The molecule has 0 radical (unpaired) electrons. The number of aryl methyl sites for hydroxylation is 1. The van der Waals surface area contributed by atoms with Crippen molar-refractivity contribution in [1.82, 2.24) is 9.88 Å². The van der Waals surface area contributed by atoms with E-state index in [0.29, 0.717) is 5.69 Å². The van der Waals surface area contributed by atoms with Crippen LogP contribution in [0.15, 0.2) is 48.7 Å². The molecule has 0 saturated carbocycles. The highest BCUT2D eigenvalue weighted by atomic mass is 32.2. The third kappa shape index (κ3) is 4.00. The number of carbonyl (C=O) groups is 1. The van der Waals surface area contributed by atoms with Crippen molar-refractivity contribution in [3.63, 3.8) is 0 Å². The minimum atomic E-state index is -3.46. The van der Waals surface area contributed by atoms with Crippen molar-refractivity contribution >= 4 is 15.7 Å². The van der Waals surface area contributed by atoms with E-state index in [9.17, 15) is 13.2 Å². The van der Waals surface area contributed by atoms with Gasteiger partial charge in [-0.25, -0.2) is 8.42 Å². The lowest BCUT2D eigenvalue weighted by atomic mass is 10.00. The van der Waals surface area contributed by atoms with Crippen LogP contribution in [-0.4, -0.2) is 42.8 Å². The zero-order valence-corrected chi connectivity index (χ0v) is 15.1. The molecule has 0 fully saturated rings. The van der Waals surface area contributed by atoms with Gasteiger partial charge in [0.05, 0.1) is 11.7 Å².